The topological polar surface area (TPSA) is 62.7 Å². The molecule has 0 amide bonds. The molecule has 0 aliphatic rings. The normalized spacial score (nSPS) is 10.6. The van der Waals surface area contributed by atoms with E-state index >= 15 is 0 Å². The van der Waals surface area contributed by atoms with Crippen LogP contribution in [0.3, 0.4) is 0 Å². The zero-order valence-electron chi connectivity index (χ0n) is 13.1. The molecule has 4 rings (SSSR count). The fourth-order valence-electron chi connectivity index (χ4n) is 2.44. The fourth-order valence-corrected chi connectivity index (χ4v) is 2.56. The maximum absolute atomic E-state index is 5.90. The first kappa shape index (κ1) is 15.4. The van der Waals surface area contributed by atoms with Crippen molar-refractivity contribution < 1.29 is 0 Å². The van der Waals surface area contributed by atoms with Crippen molar-refractivity contribution in [1.82, 2.24) is 15.0 Å². The smallest absolute Gasteiger partial charge is 0.229 e. The molecule has 0 saturated carbocycles. The van der Waals surface area contributed by atoms with Crippen LogP contribution < -0.4 is 10.6 Å². The molecular weight excluding hydrogens is 334 g/mol. The molecule has 2 heterocycles. The van der Waals surface area contributed by atoms with Gasteiger partial charge < -0.3 is 10.6 Å². The van der Waals surface area contributed by atoms with Gasteiger partial charge in [-0.15, -0.1) is 0 Å². The Morgan fingerprint density at radius 1 is 0.800 bits per heavy atom. The monoisotopic (exact) mass is 347 g/mol. The molecule has 2 aromatic carbocycles. The van der Waals surface area contributed by atoms with Crippen LogP contribution in [0.15, 0.2) is 73.1 Å². The van der Waals surface area contributed by atoms with E-state index in [0.29, 0.717) is 16.8 Å². The molecule has 0 spiro atoms. The molecule has 0 unspecified atom stereocenters. The van der Waals surface area contributed by atoms with Crippen molar-refractivity contribution in [2.24, 2.45) is 0 Å². The number of aromatic nitrogens is 3. The molecule has 0 saturated heterocycles. The molecular formula is C19H14ClN5. The van der Waals surface area contributed by atoms with E-state index in [0.717, 1.165) is 22.3 Å². The Morgan fingerprint density at radius 3 is 2.52 bits per heavy atom. The lowest BCUT2D eigenvalue weighted by atomic mass is 10.2. The zero-order chi connectivity index (χ0) is 17.1. The van der Waals surface area contributed by atoms with Gasteiger partial charge in [-0.1, -0.05) is 29.8 Å². The van der Waals surface area contributed by atoms with Crippen LogP contribution in [0.4, 0.5) is 23.1 Å². The van der Waals surface area contributed by atoms with Crippen molar-refractivity contribution >= 4 is 45.6 Å². The van der Waals surface area contributed by atoms with E-state index in [4.69, 9.17) is 11.6 Å². The number of fused-ring (bicyclic) bond motifs is 1. The van der Waals surface area contributed by atoms with E-state index in [-0.39, 0.29) is 0 Å². The maximum atomic E-state index is 5.90. The number of nitrogens with zero attached hydrogens (tertiary/aromatic N) is 3. The van der Waals surface area contributed by atoms with Gasteiger partial charge in [-0.25, -0.2) is 4.98 Å². The second-order valence-electron chi connectivity index (χ2n) is 5.44. The van der Waals surface area contributed by atoms with Crippen LogP contribution in [0.5, 0.6) is 0 Å². The number of para-hydroxylation sites is 1. The van der Waals surface area contributed by atoms with Crippen LogP contribution in [-0.4, -0.2) is 15.0 Å². The first-order chi connectivity index (χ1) is 12.3. The largest absolute Gasteiger partial charge is 0.339 e. The van der Waals surface area contributed by atoms with Crippen molar-refractivity contribution in [2.45, 2.75) is 0 Å². The second kappa shape index (κ2) is 6.75. The molecule has 0 aliphatic heterocycles. The van der Waals surface area contributed by atoms with E-state index in [1.165, 1.54) is 0 Å². The summed E-state index contributed by atoms with van der Waals surface area (Å²) < 4.78 is 0. The minimum absolute atomic E-state index is 0.501. The van der Waals surface area contributed by atoms with Gasteiger partial charge >= 0.3 is 0 Å². The van der Waals surface area contributed by atoms with Gasteiger partial charge in [0.05, 0.1) is 17.4 Å². The van der Waals surface area contributed by atoms with Crippen LogP contribution in [0.25, 0.3) is 10.9 Å². The molecule has 0 radical (unpaired) electrons. The molecule has 25 heavy (non-hydrogen) atoms. The molecule has 6 heteroatoms. The number of halogens is 1. The highest BCUT2D eigenvalue weighted by molar-refractivity contribution is 6.30. The highest BCUT2D eigenvalue weighted by Crippen LogP contribution is 2.21. The standard InChI is InChI=1S/C19H14ClN5/c20-14-5-7-15(8-6-14)24-19-21-10-9-18(25-19)23-16-11-13-3-1-2-4-17(13)22-12-16/h1-12H,(H2,21,23,24,25). The number of rotatable bonds is 4. The Labute approximate surface area is 149 Å². The Bertz CT molecular complexity index is 1020. The van der Waals surface area contributed by atoms with E-state index in [1.807, 2.05) is 60.7 Å². The third-order valence-electron chi connectivity index (χ3n) is 3.62. The summed E-state index contributed by atoms with van der Waals surface area (Å²) in [4.78, 5) is 13.2. The average molecular weight is 348 g/mol. The van der Waals surface area contributed by atoms with Crippen molar-refractivity contribution in [3.63, 3.8) is 0 Å². The SMILES string of the molecule is Clc1ccc(Nc2nccc(Nc3cnc4ccccc4c3)n2)cc1. The van der Waals surface area contributed by atoms with E-state index in [2.05, 4.69) is 25.6 Å². The summed E-state index contributed by atoms with van der Waals surface area (Å²) in [6, 6.07) is 19.2. The highest BCUT2D eigenvalue weighted by atomic mass is 35.5. The third kappa shape index (κ3) is 3.67. The zero-order valence-corrected chi connectivity index (χ0v) is 13.9. The molecule has 0 bridgehead atoms. The third-order valence-corrected chi connectivity index (χ3v) is 3.87. The number of anilines is 4. The summed E-state index contributed by atoms with van der Waals surface area (Å²) in [5, 5.41) is 8.16. The van der Waals surface area contributed by atoms with Crippen molar-refractivity contribution in [3.05, 3.63) is 78.1 Å². The van der Waals surface area contributed by atoms with E-state index in [1.54, 1.807) is 12.4 Å². The Hall–Kier alpha value is -3.18. The quantitative estimate of drug-likeness (QED) is 0.533. The summed E-state index contributed by atoms with van der Waals surface area (Å²) >= 11 is 5.90. The molecule has 5 nitrogen and oxygen atoms in total. The van der Waals surface area contributed by atoms with Gasteiger partial charge in [0.1, 0.15) is 5.82 Å². The van der Waals surface area contributed by atoms with Gasteiger partial charge in [0.15, 0.2) is 0 Å². The molecule has 0 aliphatic carbocycles. The summed E-state index contributed by atoms with van der Waals surface area (Å²) in [7, 11) is 0. The van der Waals surface area contributed by atoms with Gasteiger partial charge in [0.2, 0.25) is 5.95 Å². The highest BCUT2D eigenvalue weighted by Gasteiger charge is 2.03. The maximum Gasteiger partial charge on any atom is 0.229 e. The Balaban J connectivity index is 1.55. The summed E-state index contributed by atoms with van der Waals surface area (Å²) in [6.45, 7) is 0. The predicted octanol–water partition coefficient (Wildman–Crippen LogP) is 5.17. The minimum Gasteiger partial charge on any atom is -0.339 e. The van der Waals surface area contributed by atoms with E-state index in [9.17, 15) is 0 Å². The van der Waals surface area contributed by atoms with Gasteiger partial charge in [-0.2, -0.15) is 4.98 Å². The number of hydrogen-bond acceptors (Lipinski definition) is 5. The van der Waals surface area contributed by atoms with Crippen molar-refractivity contribution in [3.8, 4) is 0 Å². The van der Waals surface area contributed by atoms with Crippen LogP contribution in [0.2, 0.25) is 5.02 Å². The predicted molar refractivity (Wildman–Crippen MR) is 102 cm³/mol. The first-order valence-electron chi connectivity index (χ1n) is 7.74. The van der Waals surface area contributed by atoms with Gasteiger partial charge in [-0.05, 0) is 42.5 Å². The fraction of sp³-hybridized carbons (Fsp3) is 0. The lowest BCUT2D eigenvalue weighted by Gasteiger charge is -2.09. The van der Waals surface area contributed by atoms with Crippen molar-refractivity contribution in [2.75, 3.05) is 10.6 Å². The molecule has 0 atom stereocenters. The average Bonchev–Trinajstić information content (AvgIpc) is 2.64. The van der Waals surface area contributed by atoms with Gasteiger partial charge in [0.25, 0.3) is 0 Å². The molecule has 2 N–H and O–H groups in total. The Morgan fingerprint density at radius 2 is 1.64 bits per heavy atom. The first-order valence-corrected chi connectivity index (χ1v) is 8.11. The second-order valence-corrected chi connectivity index (χ2v) is 5.88. The van der Waals surface area contributed by atoms with Gasteiger partial charge in [0, 0.05) is 22.3 Å². The number of hydrogen-bond donors (Lipinski definition) is 2. The summed E-state index contributed by atoms with van der Waals surface area (Å²) in [5.41, 5.74) is 2.70. The number of pyridine rings is 1. The molecule has 0 fully saturated rings. The minimum atomic E-state index is 0.501. The van der Waals surface area contributed by atoms with E-state index < -0.39 is 0 Å². The van der Waals surface area contributed by atoms with Crippen LogP contribution in [0.1, 0.15) is 0 Å². The number of nitrogens with one attached hydrogen (secondary N) is 2. The van der Waals surface area contributed by atoms with Crippen LogP contribution in [-0.2, 0) is 0 Å². The lowest BCUT2D eigenvalue weighted by molar-refractivity contribution is 1.16. The Kier molecular flexibility index (Phi) is 4.14. The van der Waals surface area contributed by atoms with Crippen LogP contribution in [0, 0.1) is 0 Å². The molecule has 4 aromatic rings. The van der Waals surface area contributed by atoms with Crippen molar-refractivity contribution in [1.29, 1.82) is 0 Å². The van der Waals surface area contributed by atoms with Gasteiger partial charge in [-0.3, -0.25) is 4.98 Å². The molecule has 2 aromatic heterocycles. The summed E-state index contributed by atoms with van der Waals surface area (Å²) in [6.07, 6.45) is 3.48. The molecule has 122 valence electrons. The summed E-state index contributed by atoms with van der Waals surface area (Å²) in [5.74, 6) is 1.18. The van der Waals surface area contributed by atoms with Crippen LogP contribution >= 0.6 is 11.6 Å². The number of benzene rings is 2. The lowest BCUT2D eigenvalue weighted by Crippen LogP contribution is -2.00.